The SMILES string of the molecule is Cc1cc(CN2CCCC23CCN(C(=O)OC(C(F)(F)F)C(F)(F)F)CC3)cc(NCCC(=O)O)c1. The van der Waals surface area contributed by atoms with Crippen LogP contribution in [0.1, 0.15) is 43.2 Å². The molecule has 2 heterocycles. The lowest BCUT2D eigenvalue weighted by Crippen LogP contribution is -2.54. The number of alkyl halides is 6. The maximum Gasteiger partial charge on any atom is 0.434 e. The molecule has 2 fully saturated rings. The monoisotopic (exact) mass is 525 g/mol. The number of nitrogens with zero attached hydrogens (tertiary/aromatic N) is 2. The minimum absolute atomic E-state index is 0.00637. The molecule has 0 atom stereocenters. The number of hydrogen-bond acceptors (Lipinski definition) is 5. The number of anilines is 1. The van der Waals surface area contributed by atoms with Gasteiger partial charge in [-0.2, -0.15) is 26.3 Å². The Hall–Kier alpha value is -2.70. The van der Waals surface area contributed by atoms with Gasteiger partial charge in [0.1, 0.15) is 0 Å². The van der Waals surface area contributed by atoms with Gasteiger partial charge in [0.15, 0.2) is 0 Å². The Kier molecular flexibility index (Phi) is 8.31. The molecule has 0 aliphatic carbocycles. The Morgan fingerprint density at radius 1 is 1.06 bits per heavy atom. The van der Waals surface area contributed by atoms with Crippen LogP contribution in [0.2, 0.25) is 0 Å². The van der Waals surface area contributed by atoms with Crippen LogP contribution in [0, 0.1) is 6.92 Å². The predicted octanol–water partition coefficient (Wildman–Crippen LogP) is 4.94. The molecule has 3 rings (SSSR count). The van der Waals surface area contributed by atoms with Crippen molar-refractivity contribution in [3.8, 4) is 0 Å². The number of piperidine rings is 1. The number of rotatable bonds is 7. The first-order valence-corrected chi connectivity index (χ1v) is 11.6. The standard InChI is InChI=1S/C23H29F6N3O4/c1-15-11-16(13-17(12-15)30-7-3-18(33)34)14-32-8-2-4-21(32)5-9-31(10-6-21)20(35)36-19(22(24,25)26)23(27,28)29/h11-13,19,30H,2-10,14H2,1H3,(H,33,34). The predicted molar refractivity (Wildman–Crippen MR) is 117 cm³/mol. The van der Waals surface area contributed by atoms with Crippen LogP contribution >= 0.6 is 0 Å². The molecule has 1 spiro atoms. The summed E-state index contributed by atoms with van der Waals surface area (Å²) in [6.07, 6.45) is -14.8. The molecule has 2 saturated heterocycles. The van der Waals surface area contributed by atoms with Gasteiger partial charge >= 0.3 is 24.4 Å². The van der Waals surface area contributed by atoms with E-state index in [1.165, 1.54) is 0 Å². The first-order chi connectivity index (χ1) is 16.7. The molecule has 202 valence electrons. The van der Waals surface area contributed by atoms with Crippen molar-refractivity contribution in [1.29, 1.82) is 0 Å². The molecule has 0 unspecified atom stereocenters. The minimum Gasteiger partial charge on any atom is -0.481 e. The number of carboxylic acids is 1. The number of carboxylic acid groups (broad SMARTS) is 1. The summed E-state index contributed by atoms with van der Waals surface area (Å²) >= 11 is 0. The number of carbonyl (C=O) groups excluding carboxylic acids is 1. The zero-order valence-corrected chi connectivity index (χ0v) is 19.7. The number of likely N-dealkylation sites (tertiary alicyclic amines) is 2. The van der Waals surface area contributed by atoms with Crippen molar-refractivity contribution in [3.05, 3.63) is 29.3 Å². The minimum atomic E-state index is -5.75. The van der Waals surface area contributed by atoms with Crippen LogP contribution in [-0.4, -0.2) is 77.1 Å². The summed E-state index contributed by atoms with van der Waals surface area (Å²) in [5.41, 5.74) is 2.46. The highest BCUT2D eigenvalue weighted by Gasteiger charge is 2.60. The molecule has 2 aliphatic heterocycles. The van der Waals surface area contributed by atoms with Gasteiger partial charge < -0.3 is 20.1 Å². The van der Waals surface area contributed by atoms with Gasteiger partial charge in [0.25, 0.3) is 6.10 Å². The Bertz CT molecular complexity index is 931. The van der Waals surface area contributed by atoms with Gasteiger partial charge in [-0.15, -0.1) is 0 Å². The quantitative estimate of drug-likeness (QED) is 0.491. The van der Waals surface area contributed by atoms with Crippen molar-refractivity contribution in [2.45, 2.75) is 69.6 Å². The fourth-order valence-electron chi connectivity index (χ4n) is 5.00. The van der Waals surface area contributed by atoms with E-state index in [2.05, 4.69) is 15.0 Å². The van der Waals surface area contributed by atoms with Crippen molar-refractivity contribution >= 4 is 17.7 Å². The molecule has 2 N–H and O–H groups in total. The molecule has 1 aromatic carbocycles. The van der Waals surface area contributed by atoms with Gasteiger partial charge in [0.2, 0.25) is 0 Å². The Morgan fingerprint density at radius 2 is 1.69 bits per heavy atom. The first kappa shape index (κ1) is 27.9. The highest BCUT2D eigenvalue weighted by molar-refractivity contribution is 5.68. The summed E-state index contributed by atoms with van der Waals surface area (Å²) in [6.45, 7) is 3.53. The zero-order valence-electron chi connectivity index (χ0n) is 19.7. The lowest BCUT2D eigenvalue weighted by Gasteiger charge is -2.45. The third-order valence-electron chi connectivity index (χ3n) is 6.69. The summed E-state index contributed by atoms with van der Waals surface area (Å²) in [6, 6.07) is 5.85. The van der Waals surface area contributed by atoms with Gasteiger partial charge in [-0.05, 0) is 62.4 Å². The fourth-order valence-corrected chi connectivity index (χ4v) is 5.00. The fraction of sp³-hybridized carbons (Fsp3) is 0.652. The van der Waals surface area contributed by atoms with Crippen LogP contribution in [0.15, 0.2) is 18.2 Å². The van der Waals surface area contributed by atoms with E-state index in [9.17, 15) is 35.9 Å². The molecule has 0 aromatic heterocycles. The van der Waals surface area contributed by atoms with Gasteiger partial charge in [-0.25, -0.2) is 4.79 Å². The molecule has 0 saturated carbocycles. The highest BCUT2D eigenvalue weighted by atomic mass is 19.4. The number of carbonyl (C=O) groups is 2. The van der Waals surface area contributed by atoms with E-state index < -0.39 is 30.5 Å². The average Bonchev–Trinajstić information content (AvgIpc) is 3.11. The molecular formula is C23H29F6N3O4. The van der Waals surface area contributed by atoms with E-state index in [0.717, 1.165) is 41.1 Å². The summed E-state index contributed by atoms with van der Waals surface area (Å²) in [5, 5.41) is 11.9. The molecule has 1 amide bonds. The van der Waals surface area contributed by atoms with E-state index in [1.54, 1.807) is 0 Å². The number of hydrogen-bond donors (Lipinski definition) is 2. The van der Waals surface area contributed by atoms with Crippen LogP contribution in [0.3, 0.4) is 0 Å². The molecular weight excluding hydrogens is 496 g/mol. The number of amides is 1. The Morgan fingerprint density at radius 3 is 2.28 bits per heavy atom. The Labute approximate surface area is 204 Å². The largest absolute Gasteiger partial charge is 0.481 e. The van der Waals surface area contributed by atoms with Crippen LogP contribution in [0.5, 0.6) is 0 Å². The van der Waals surface area contributed by atoms with Crippen molar-refractivity contribution in [2.75, 3.05) is 31.5 Å². The number of halogens is 6. The van der Waals surface area contributed by atoms with E-state index in [4.69, 9.17) is 5.11 Å². The molecule has 13 heteroatoms. The molecule has 0 bridgehead atoms. The number of nitrogens with one attached hydrogen (secondary N) is 1. The lowest BCUT2D eigenvalue weighted by atomic mass is 9.85. The summed E-state index contributed by atoms with van der Waals surface area (Å²) in [4.78, 5) is 26.0. The van der Waals surface area contributed by atoms with E-state index in [0.29, 0.717) is 19.4 Å². The highest BCUT2D eigenvalue weighted by Crippen LogP contribution is 2.41. The molecule has 36 heavy (non-hydrogen) atoms. The smallest absolute Gasteiger partial charge is 0.434 e. The summed E-state index contributed by atoms with van der Waals surface area (Å²) in [7, 11) is 0. The average molecular weight is 525 g/mol. The van der Waals surface area contributed by atoms with Crippen LogP contribution in [-0.2, 0) is 16.1 Å². The van der Waals surface area contributed by atoms with Crippen LogP contribution < -0.4 is 5.32 Å². The van der Waals surface area contributed by atoms with E-state index in [-0.39, 0.29) is 31.6 Å². The Balaban J connectivity index is 1.62. The summed E-state index contributed by atoms with van der Waals surface area (Å²) in [5.74, 6) is -0.906. The van der Waals surface area contributed by atoms with Crippen molar-refractivity contribution < 1.29 is 45.8 Å². The van der Waals surface area contributed by atoms with E-state index >= 15 is 0 Å². The first-order valence-electron chi connectivity index (χ1n) is 11.6. The van der Waals surface area contributed by atoms with Crippen LogP contribution in [0.4, 0.5) is 36.8 Å². The lowest BCUT2D eigenvalue weighted by molar-refractivity contribution is -0.308. The van der Waals surface area contributed by atoms with Gasteiger partial charge in [-0.3, -0.25) is 9.69 Å². The number of aliphatic carboxylic acids is 1. The molecule has 0 radical (unpaired) electrons. The maximum absolute atomic E-state index is 12.8. The van der Waals surface area contributed by atoms with E-state index in [1.807, 2.05) is 25.1 Å². The number of aryl methyl sites for hydroxylation is 1. The van der Waals surface area contributed by atoms with Gasteiger partial charge in [0.05, 0.1) is 6.42 Å². The van der Waals surface area contributed by atoms with Gasteiger partial charge in [-0.1, -0.05) is 6.07 Å². The number of ether oxygens (including phenoxy) is 1. The summed E-state index contributed by atoms with van der Waals surface area (Å²) < 4.78 is 80.3. The molecule has 2 aliphatic rings. The van der Waals surface area contributed by atoms with Gasteiger partial charge in [0, 0.05) is 37.4 Å². The second kappa shape index (κ2) is 10.7. The maximum atomic E-state index is 12.8. The third-order valence-corrected chi connectivity index (χ3v) is 6.69. The third kappa shape index (κ3) is 6.95. The topological polar surface area (TPSA) is 82.1 Å². The molecule has 7 nitrogen and oxygen atoms in total. The normalized spacial score (nSPS) is 18.6. The molecule has 1 aromatic rings. The zero-order chi connectivity index (χ0) is 26.7. The van der Waals surface area contributed by atoms with Crippen molar-refractivity contribution in [3.63, 3.8) is 0 Å². The second-order valence-corrected chi connectivity index (χ2v) is 9.36. The second-order valence-electron chi connectivity index (χ2n) is 9.36. The van der Waals surface area contributed by atoms with Crippen LogP contribution in [0.25, 0.3) is 0 Å². The van der Waals surface area contributed by atoms with Crippen molar-refractivity contribution in [2.24, 2.45) is 0 Å². The number of benzene rings is 1. The van der Waals surface area contributed by atoms with Crippen molar-refractivity contribution in [1.82, 2.24) is 9.80 Å².